The number of para-hydroxylation sites is 2. The minimum absolute atomic E-state index is 0.0580. The van der Waals surface area contributed by atoms with Crippen LogP contribution in [-0.2, 0) is 0 Å². The van der Waals surface area contributed by atoms with E-state index in [0.717, 1.165) is 18.5 Å². The second-order valence-electron chi connectivity index (χ2n) is 5.84. The molecule has 126 valence electrons. The number of methoxy groups -OCH3 is 1. The molecule has 1 saturated heterocycles. The van der Waals surface area contributed by atoms with Gasteiger partial charge in [0, 0.05) is 6.54 Å². The second kappa shape index (κ2) is 7.29. The summed E-state index contributed by atoms with van der Waals surface area (Å²) in [7, 11) is 1.62. The molecule has 0 radical (unpaired) electrons. The number of piperidine rings is 1. The van der Waals surface area contributed by atoms with Crippen molar-refractivity contribution in [2.45, 2.75) is 25.9 Å². The van der Waals surface area contributed by atoms with Gasteiger partial charge in [-0.05, 0) is 44.0 Å². The number of carbonyl (C=O) groups excluding carboxylic acids is 1. The van der Waals surface area contributed by atoms with Gasteiger partial charge in [0.25, 0.3) is 5.91 Å². The van der Waals surface area contributed by atoms with Crippen molar-refractivity contribution in [1.82, 2.24) is 15.1 Å². The van der Waals surface area contributed by atoms with Crippen molar-refractivity contribution in [3.05, 3.63) is 47.8 Å². The molecule has 1 atom stereocenters. The van der Waals surface area contributed by atoms with Crippen LogP contribution in [0.25, 0.3) is 0 Å². The lowest BCUT2D eigenvalue weighted by atomic mass is 10.1. The van der Waals surface area contributed by atoms with Gasteiger partial charge >= 0.3 is 0 Å². The Morgan fingerprint density at radius 3 is 2.67 bits per heavy atom. The van der Waals surface area contributed by atoms with Crippen LogP contribution >= 0.6 is 0 Å². The number of hydrogen-bond acceptors (Lipinski definition) is 5. The van der Waals surface area contributed by atoms with Crippen molar-refractivity contribution in [3.63, 3.8) is 0 Å². The molecule has 1 amide bonds. The highest BCUT2D eigenvalue weighted by Gasteiger charge is 2.27. The molecule has 0 bridgehead atoms. The molecule has 0 spiro atoms. The first-order valence-corrected chi connectivity index (χ1v) is 8.06. The first kappa shape index (κ1) is 16.2. The molecule has 0 unspecified atom stereocenters. The van der Waals surface area contributed by atoms with Crippen LogP contribution < -0.4 is 9.47 Å². The summed E-state index contributed by atoms with van der Waals surface area (Å²) in [5.74, 6) is 1.30. The highest BCUT2D eigenvalue weighted by molar-refractivity contribution is 5.92. The van der Waals surface area contributed by atoms with E-state index in [1.807, 2.05) is 31.2 Å². The maximum absolute atomic E-state index is 12.6. The molecule has 0 aliphatic carbocycles. The lowest BCUT2D eigenvalue weighted by molar-refractivity contribution is 0.0526. The molecule has 24 heavy (non-hydrogen) atoms. The fourth-order valence-electron chi connectivity index (χ4n) is 2.79. The smallest absolute Gasteiger partial charge is 0.274 e. The molecule has 1 aromatic heterocycles. The second-order valence-corrected chi connectivity index (χ2v) is 5.84. The normalized spacial score (nSPS) is 17.4. The van der Waals surface area contributed by atoms with Crippen LogP contribution in [0.1, 0.15) is 29.0 Å². The highest BCUT2D eigenvalue weighted by Crippen LogP contribution is 2.28. The molecule has 6 nitrogen and oxygen atoms in total. The molecule has 1 aliphatic heterocycles. The molecule has 1 aromatic carbocycles. The first-order valence-electron chi connectivity index (χ1n) is 8.06. The number of amides is 1. The predicted octanol–water partition coefficient (Wildman–Crippen LogP) is 2.48. The third-order valence-corrected chi connectivity index (χ3v) is 4.05. The van der Waals surface area contributed by atoms with Crippen LogP contribution in [0.3, 0.4) is 0 Å². The van der Waals surface area contributed by atoms with Gasteiger partial charge in [-0.15, -0.1) is 5.10 Å². The zero-order chi connectivity index (χ0) is 16.9. The highest BCUT2D eigenvalue weighted by atomic mass is 16.5. The maximum Gasteiger partial charge on any atom is 0.274 e. The number of hydrogen-bond donors (Lipinski definition) is 0. The number of rotatable bonds is 4. The summed E-state index contributed by atoms with van der Waals surface area (Å²) < 4.78 is 11.4. The molecule has 3 rings (SSSR count). The summed E-state index contributed by atoms with van der Waals surface area (Å²) in [4.78, 5) is 14.4. The third kappa shape index (κ3) is 3.64. The minimum Gasteiger partial charge on any atom is -0.493 e. The monoisotopic (exact) mass is 327 g/mol. The van der Waals surface area contributed by atoms with Gasteiger partial charge in [-0.1, -0.05) is 12.1 Å². The van der Waals surface area contributed by atoms with Crippen molar-refractivity contribution < 1.29 is 14.3 Å². The molecule has 1 aliphatic rings. The molecule has 2 heterocycles. The average Bonchev–Trinajstić information content (AvgIpc) is 2.62. The number of nitrogens with zero attached hydrogens (tertiary/aromatic N) is 3. The molecule has 6 heteroatoms. The number of ether oxygens (including phenoxy) is 2. The van der Waals surface area contributed by atoms with Crippen LogP contribution in [0.15, 0.2) is 36.4 Å². The Morgan fingerprint density at radius 1 is 1.17 bits per heavy atom. The number of carbonyl (C=O) groups is 1. The third-order valence-electron chi connectivity index (χ3n) is 4.05. The Balaban J connectivity index is 1.68. The van der Waals surface area contributed by atoms with Gasteiger partial charge in [0.15, 0.2) is 17.2 Å². The van der Waals surface area contributed by atoms with Crippen molar-refractivity contribution in [3.8, 4) is 11.5 Å². The van der Waals surface area contributed by atoms with Gasteiger partial charge in [0.2, 0.25) is 0 Å². The molecule has 0 saturated carbocycles. The number of aromatic nitrogens is 2. The maximum atomic E-state index is 12.6. The van der Waals surface area contributed by atoms with Gasteiger partial charge < -0.3 is 14.4 Å². The van der Waals surface area contributed by atoms with Crippen LogP contribution in [0, 0.1) is 6.92 Å². The quantitative estimate of drug-likeness (QED) is 0.863. The van der Waals surface area contributed by atoms with Gasteiger partial charge in [0.1, 0.15) is 6.10 Å². The number of aryl methyl sites for hydroxylation is 1. The SMILES string of the molecule is COc1ccccc1O[C@@H]1CCCN(C(=O)c2ccc(C)nn2)C1. The number of benzene rings is 1. The molecule has 1 fully saturated rings. The fraction of sp³-hybridized carbons (Fsp3) is 0.389. The van der Waals surface area contributed by atoms with Gasteiger partial charge in [-0.25, -0.2) is 0 Å². The minimum atomic E-state index is -0.101. The average molecular weight is 327 g/mol. The van der Waals surface area contributed by atoms with Crippen LogP contribution in [0.5, 0.6) is 11.5 Å². The molecular weight excluding hydrogens is 306 g/mol. The summed E-state index contributed by atoms with van der Waals surface area (Å²) in [6, 6.07) is 11.1. The zero-order valence-corrected chi connectivity index (χ0v) is 13.9. The number of likely N-dealkylation sites (tertiary alicyclic amines) is 1. The van der Waals surface area contributed by atoms with E-state index in [-0.39, 0.29) is 12.0 Å². The Bertz CT molecular complexity index is 703. The van der Waals surface area contributed by atoms with Gasteiger partial charge in [-0.2, -0.15) is 5.10 Å². The van der Waals surface area contributed by atoms with Crippen LogP contribution in [-0.4, -0.2) is 47.3 Å². The standard InChI is InChI=1S/C18H21N3O3/c1-13-9-10-15(20-19-13)18(22)21-11-5-6-14(12-21)24-17-8-4-3-7-16(17)23-2/h3-4,7-10,14H,5-6,11-12H2,1-2H3/t14-/m1/s1. The van der Waals surface area contributed by atoms with E-state index in [1.165, 1.54) is 0 Å². The zero-order valence-electron chi connectivity index (χ0n) is 13.9. The molecule has 0 N–H and O–H groups in total. The summed E-state index contributed by atoms with van der Waals surface area (Å²) in [5, 5.41) is 7.95. The van der Waals surface area contributed by atoms with E-state index in [9.17, 15) is 4.79 Å². The van der Waals surface area contributed by atoms with Crippen LogP contribution in [0.4, 0.5) is 0 Å². The van der Waals surface area contributed by atoms with Crippen molar-refractivity contribution in [2.24, 2.45) is 0 Å². The Hall–Kier alpha value is -2.63. The van der Waals surface area contributed by atoms with E-state index in [2.05, 4.69) is 10.2 Å². The Kier molecular flexibility index (Phi) is 4.93. The molecular formula is C18H21N3O3. The van der Waals surface area contributed by atoms with Crippen molar-refractivity contribution in [2.75, 3.05) is 20.2 Å². The lowest BCUT2D eigenvalue weighted by Gasteiger charge is -2.32. The van der Waals surface area contributed by atoms with E-state index in [0.29, 0.717) is 30.3 Å². The molecule has 2 aromatic rings. The topological polar surface area (TPSA) is 64.6 Å². The van der Waals surface area contributed by atoms with Gasteiger partial charge in [-0.3, -0.25) is 4.79 Å². The largest absolute Gasteiger partial charge is 0.493 e. The summed E-state index contributed by atoms with van der Waals surface area (Å²) in [6.45, 7) is 3.09. The van der Waals surface area contributed by atoms with E-state index >= 15 is 0 Å². The van der Waals surface area contributed by atoms with E-state index in [4.69, 9.17) is 9.47 Å². The Morgan fingerprint density at radius 2 is 1.96 bits per heavy atom. The Labute approximate surface area is 141 Å². The van der Waals surface area contributed by atoms with Crippen molar-refractivity contribution in [1.29, 1.82) is 0 Å². The van der Waals surface area contributed by atoms with E-state index in [1.54, 1.807) is 24.1 Å². The first-order chi connectivity index (χ1) is 11.7. The summed E-state index contributed by atoms with van der Waals surface area (Å²) >= 11 is 0. The fourth-order valence-corrected chi connectivity index (χ4v) is 2.79. The van der Waals surface area contributed by atoms with Crippen molar-refractivity contribution >= 4 is 5.91 Å². The predicted molar refractivity (Wildman–Crippen MR) is 89.3 cm³/mol. The van der Waals surface area contributed by atoms with E-state index < -0.39 is 0 Å². The lowest BCUT2D eigenvalue weighted by Crippen LogP contribution is -2.44. The summed E-state index contributed by atoms with van der Waals surface area (Å²) in [6.07, 6.45) is 1.74. The summed E-state index contributed by atoms with van der Waals surface area (Å²) in [5.41, 5.74) is 1.17. The van der Waals surface area contributed by atoms with Crippen LogP contribution in [0.2, 0.25) is 0 Å². The van der Waals surface area contributed by atoms with Gasteiger partial charge in [0.05, 0.1) is 19.3 Å².